The van der Waals surface area contributed by atoms with Crippen molar-refractivity contribution in [1.82, 2.24) is 15.1 Å². The van der Waals surface area contributed by atoms with Crippen LogP contribution in [0, 0.1) is 5.92 Å². The van der Waals surface area contributed by atoms with E-state index in [-0.39, 0.29) is 24.2 Å². The summed E-state index contributed by atoms with van der Waals surface area (Å²) in [6.45, 7) is 0.511. The van der Waals surface area contributed by atoms with Gasteiger partial charge in [-0.25, -0.2) is 4.79 Å². The molecule has 3 rings (SSSR count). The van der Waals surface area contributed by atoms with Crippen molar-refractivity contribution in [2.75, 3.05) is 20.6 Å². The Labute approximate surface area is 146 Å². The molecule has 24 heavy (non-hydrogen) atoms. The SMILES string of the molecule is CN(C)C1CCCC(NC(=O)N2CC(O)CC2C2CCCCC2)C1. The fourth-order valence-electron chi connectivity index (χ4n) is 5.06. The van der Waals surface area contributed by atoms with Crippen LogP contribution in [-0.4, -0.2) is 65.8 Å². The van der Waals surface area contributed by atoms with Crippen LogP contribution in [0.3, 0.4) is 0 Å². The zero-order valence-electron chi connectivity index (χ0n) is 15.4. The van der Waals surface area contributed by atoms with Gasteiger partial charge in [-0.2, -0.15) is 0 Å². The molecule has 1 saturated heterocycles. The first-order chi connectivity index (χ1) is 11.5. The molecule has 5 heteroatoms. The molecule has 0 aromatic heterocycles. The summed E-state index contributed by atoms with van der Waals surface area (Å²) in [5, 5.41) is 13.4. The van der Waals surface area contributed by atoms with Crippen LogP contribution in [0.5, 0.6) is 0 Å². The van der Waals surface area contributed by atoms with E-state index in [4.69, 9.17) is 0 Å². The third-order valence-electron chi connectivity index (χ3n) is 6.48. The van der Waals surface area contributed by atoms with Crippen LogP contribution < -0.4 is 5.32 Å². The van der Waals surface area contributed by atoms with E-state index in [1.807, 2.05) is 4.90 Å². The number of urea groups is 1. The molecule has 1 heterocycles. The number of carbonyl (C=O) groups excluding carboxylic acids is 1. The number of carbonyl (C=O) groups is 1. The van der Waals surface area contributed by atoms with Crippen LogP contribution in [0.25, 0.3) is 0 Å². The standard InChI is InChI=1S/C19H35N3O2/c1-21(2)16-10-6-9-15(11-16)20-19(24)22-13-17(23)12-18(22)14-7-4-3-5-8-14/h14-18,23H,3-13H2,1-2H3,(H,20,24). The molecule has 1 aliphatic heterocycles. The topological polar surface area (TPSA) is 55.8 Å². The Bertz CT molecular complexity index is 423. The van der Waals surface area contributed by atoms with E-state index in [2.05, 4.69) is 24.3 Å². The first-order valence-corrected chi connectivity index (χ1v) is 9.96. The second kappa shape index (κ2) is 8.05. The largest absolute Gasteiger partial charge is 0.391 e. The second-order valence-corrected chi connectivity index (χ2v) is 8.44. The molecule has 4 atom stereocenters. The van der Waals surface area contributed by atoms with Crippen LogP contribution in [-0.2, 0) is 0 Å². The molecule has 3 aliphatic rings. The summed E-state index contributed by atoms with van der Waals surface area (Å²) in [6.07, 6.45) is 11.3. The molecule has 0 radical (unpaired) electrons. The van der Waals surface area contributed by atoms with Gasteiger partial charge in [-0.1, -0.05) is 19.3 Å². The number of amides is 2. The number of aliphatic hydroxyl groups excluding tert-OH is 1. The van der Waals surface area contributed by atoms with Gasteiger partial charge in [-0.3, -0.25) is 0 Å². The highest BCUT2D eigenvalue weighted by Crippen LogP contribution is 2.34. The van der Waals surface area contributed by atoms with E-state index in [0.29, 0.717) is 18.5 Å². The Morgan fingerprint density at radius 2 is 1.79 bits per heavy atom. The average Bonchev–Trinajstić information content (AvgIpc) is 2.98. The van der Waals surface area contributed by atoms with Gasteiger partial charge in [0.25, 0.3) is 0 Å². The van der Waals surface area contributed by atoms with Gasteiger partial charge in [0.05, 0.1) is 6.10 Å². The molecule has 0 aromatic rings. The first kappa shape index (κ1) is 18.0. The number of β-amino-alcohol motifs (C(OH)–C–C–N with tert-alkyl or cyclic N) is 1. The first-order valence-electron chi connectivity index (χ1n) is 9.96. The molecule has 5 nitrogen and oxygen atoms in total. The molecule has 2 N–H and O–H groups in total. The van der Waals surface area contributed by atoms with Crippen molar-refractivity contribution in [2.45, 2.75) is 88.4 Å². The Hall–Kier alpha value is -0.810. The molecule has 4 unspecified atom stereocenters. The molecule has 0 bridgehead atoms. The number of aliphatic hydroxyl groups is 1. The third kappa shape index (κ3) is 4.23. The highest BCUT2D eigenvalue weighted by atomic mass is 16.3. The number of hydrogen-bond acceptors (Lipinski definition) is 3. The summed E-state index contributed by atoms with van der Waals surface area (Å²) in [5.74, 6) is 0.586. The van der Waals surface area contributed by atoms with Gasteiger partial charge in [-0.15, -0.1) is 0 Å². The summed E-state index contributed by atoms with van der Waals surface area (Å²) in [7, 11) is 4.26. The zero-order chi connectivity index (χ0) is 17.1. The van der Waals surface area contributed by atoms with Crippen molar-refractivity contribution in [2.24, 2.45) is 5.92 Å². The van der Waals surface area contributed by atoms with Gasteiger partial charge in [0.15, 0.2) is 0 Å². The normalized spacial score (nSPS) is 35.4. The molecule has 2 saturated carbocycles. The minimum absolute atomic E-state index is 0.0616. The zero-order valence-corrected chi connectivity index (χ0v) is 15.4. The lowest BCUT2D eigenvalue weighted by Gasteiger charge is -2.37. The maximum Gasteiger partial charge on any atom is 0.317 e. The quantitative estimate of drug-likeness (QED) is 0.832. The number of nitrogens with one attached hydrogen (secondary N) is 1. The van der Waals surface area contributed by atoms with Crippen LogP contribution >= 0.6 is 0 Å². The third-order valence-corrected chi connectivity index (χ3v) is 6.48. The predicted octanol–water partition coefficient (Wildman–Crippen LogP) is 2.58. The van der Waals surface area contributed by atoms with Crippen molar-refractivity contribution in [3.63, 3.8) is 0 Å². The minimum Gasteiger partial charge on any atom is -0.391 e. The number of rotatable bonds is 3. The van der Waals surface area contributed by atoms with Crippen molar-refractivity contribution < 1.29 is 9.90 Å². The van der Waals surface area contributed by atoms with Crippen LogP contribution in [0.15, 0.2) is 0 Å². The van der Waals surface area contributed by atoms with E-state index >= 15 is 0 Å². The van der Waals surface area contributed by atoms with E-state index in [1.165, 1.54) is 44.9 Å². The number of hydrogen-bond donors (Lipinski definition) is 2. The van der Waals surface area contributed by atoms with E-state index in [0.717, 1.165) is 19.3 Å². The molecular weight excluding hydrogens is 302 g/mol. The molecule has 2 amide bonds. The Kier molecular flexibility index (Phi) is 6.03. The molecule has 3 fully saturated rings. The van der Waals surface area contributed by atoms with Gasteiger partial charge < -0.3 is 20.2 Å². The molecule has 138 valence electrons. The minimum atomic E-state index is -0.344. The summed E-state index contributed by atoms with van der Waals surface area (Å²) in [5.41, 5.74) is 0. The highest BCUT2D eigenvalue weighted by molar-refractivity contribution is 5.75. The Morgan fingerprint density at radius 1 is 1.04 bits per heavy atom. The fourth-order valence-corrected chi connectivity index (χ4v) is 5.06. The number of likely N-dealkylation sites (tertiary alicyclic amines) is 1. The molecule has 2 aliphatic carbocycles. The van der Waals surface area contributed by atoms with Gasteiger partial charge >= 0.3 is 6.03 Å². The highest BCUT2D eigenvalue weighted by Gasteiger charge is 2.40. The summed E-state index contributed by atoms with van der Waals surface area (Å²) in [4.78, 5) is 17.1. The van der Waals surface area contributed by atoms with Crippen LogP contribution in [0.1, 0.15) is 64.2 Å². The van der Waals surface area contributed by atoms with Gasteiger partial charge in [0.2, 0.25) is 0 Å². The monoisotopic (exact) mass is 337 g/mol. The van der Waals surface area contributed by atoms with E-state index in [9.17, 15) is 9.90 Å². The fraction of sp³-hybridized carbons (Fsp3) is 0.947. The van der Waals surface area contributed by atoms with Gasteiger partial charge in [0, 0.05) is 24.7 Å². The van der Waals surface area contributed by atoms with E-state index in [1.54, 1.807) is 0 Å². The Morgan fingerprint density at radius 3 is 2.50 bits per heavy atom. The lowest BCUT2D eigenvalue weighted by Crippen LogP contribution is -2.51. The lowest BCUT2D eigenvalue weighted by atomic mass is 9.83. The van der Waals surface area contributed by atoms with Gasteiger partial charge in [-0.05, 0) is 65.0 Å². The maximum atomic E-state index is 12.9. The van der Waals surface area contributed by atoms with Crippen LogP contribution in [0.2, 0.25) is 0 Å². The average molecular weight is 338 g/mol. The molecular formula is C19H35N3O2. The van der Waals surface area contributed by atoms with Crippen molar-refractivity contribution in [1.29, 1.82) is 0 Å². The maximum absolute atomic E-state index is 12.9. The predicted molar refractivity (Wildman–Crippen MR) is 96.0 cm³/mol. The summed E-state index contributed by atoms with van der Waals surface area (Å²) < 4.78 is 0. The van der Waals surface area contributed by atoms with E-state index < -0.39 is 0 Å². The molecule has 0 aromatic carbocycles. The smallest absolute Gasteiger partial charge is 0.317 e. The van der Waals surface area contributed by atoms with Crippen molar-refractivity contribution >= 4 is 6.03 Å². The lowest BCUT2D eigenvalue weighted by molar-refractivity contribution is 0.142. The van der Waals surface area contributed by atoms with Gasteiger partial charge in [0.1, 0.15) is 0 Å². The van der Waals surface area contributed by atoms with Crippen molar-refractivity contribution in [3.05, 3.63) is 0 Å². The summed E-state index contributed by atoms with van der Waals surface area (Å²) in [6, 6.07) is 1.16. The van der Waals surface area contributed by atoms with Crippen LogP contribution in [0.4, 0.5) is 4.79 Å². The second-order valence-electron chi connectivity index (χ2n) is 8.44. The van der Waals surface area contributed by atoms with Crippen molar-refractivity contribution in [3.8, 4) is 0 Å². The number of nitrogens with zero attached hydrogens (tertiary/aromatic N) is 2. The molecule has 0 spiro atoms. The summed E-state index contributed by atoms with van der Waals surface area (Å²) >= 11 is 0. The Balaban J connectivity index is 1.58.